The van der Waals surface area contributed by atoms with Gasteiger partial charge in [-0.05, 0) is 43.3 Å². The highest BCUT2D eigenvalue weighted by molar-refractivity contribution is 7.21. The topological polar surface area (TPSA) is 68.0 Å². The fourth-order valence-corrected chi connectivity index (χ4v) is 3.44. The van der Waals surface area contributed by atoms with Gasteiger partial charge in [-0.25, -0.2) is 4.98 Å². The second kappa shape index (κ2) is 6.49. The van der Waals surface area contributed by atoms with E-state index in [4.69, 9.17) is 4.42 Å². The standard InChI is InChI=1S/C19H15N3O2S/c1-12-5-4-6-13(21-12)11-20-18(23)15-9-10-16(24-15)19-22-14-7-2-3-8-17(14)25-19/h2-10H,11H2,1H3,(H,20,23). The molecule has 1 aromatic carbocycles. The molecule has 0 saturated heterocycles. The second-order valence-corrected chi connectivity index (χ2v) is 6.63. The smallest absolute Gasteiger partial charge is 0.287 e. The van der Waals surface area contributed by atoms with Crippen molar-refractivity contribution in [3.05, 3.63) is 71.7 Å². The first kappa shape index (κ1) is 15.5. The summed E-state index contributed by atoms with van der Waals surface area (Å²) in [5.74, 6) is 0.595. The molecule has 3 aromatic heterocycles. The number of aryl methyl sites for hydroxylation is 1. The van der Waals surface area contributed by atoms with Crippen molar-refractivity contribution < 1.29 is 9.21 Å². The molecule has 4 aromatic rings. The number of amides is 1. The van der Waals surface area contributed by atoms with Crippen molar-refractivity contribution in [3.8, 4) is 10.8 Å². The van der Waals surface area contributed by atoms with Gasteiger partial charge in [-0.15, -0.1) is 11.3 Å². The highest BCUT2D eigenvalue weighted by Crippen LogP contribution is 2.31. The number of carbonyl (C=O) groups is 1. The zero-order valence-electron chi connectivity index (χ0n) is 13.5. The maximum Gasteiger partial charge on any atom is 0.287 e. The van der Waals surface area contributed by atoms with Crippen molar-refractivity contribution in [1.82, 2.24) is 15.3 Å². The molecule has 0 aliphatic carbocycles. The van der Waals surface area contributed by atoms with Gasteiger partial charge in [-0.3, -0.25) is 9.78 Å². The van der Waals surface area contributed by atoms with E-state index in [0.29, 0.717) is 12.3 Å². The van der Waals surface area contributed by atoms with Gasteiger partial charge in [0.25, 0.3) is 5.91 Å². The molecular weight excluding hydrogens is 334 g/mol. The quantitative estimate of drug-likeness (QED) is 0.600. The molecule has 1 amide bonds. The number of fused-ring (bicyclic) bond motifs is 1. The summed E-state index contributed by atoms with van der Waals surface area (Å²) in [6, 6.07) is 17.1. The van der Waals surface area contributed by atoms with E-state index in [2.05, 4.69) is 15.3 Å². The number of nitrogens with one attached hydrogen (secondary N) is 1. The maximum atomic E-state index is 12.3. The molecular formula is C19H15N3O2S. The molecule has 1 N–H and O–H groups in total. The van der Waals surface area contributed by atoms with Crippen LogP contribution in [0.15, 0.2) is 59.0 Å². The average Bonchev–Trinajstić information content (AvgIpc) is 3.26. The van der Waals surface area contributed by atoms with Gasteiger partial charge < -0.3 is 9.73 Å². The van der Waals surface area contributed by atoms with E-state index >= 15 is 0 Å². The van der Waals surface area contributed by atoms with Gasteiger partial charge in [0.15, 0.2) is 16.5 Å². The number of carbonyl (C=O) groups excluding carboxylic acids is 1. The van der Waals surface area contributed by atoms with E-state index in [-0.39, 0.29) is 11.7 Å². The normalized spacial score (nSPS) is 10.9. The predicted molar refractivity (Wildman–Crippen MR) is 97.5 cm³/mol. The average molecular weight is 349 g/mol. The number of hydrogen-bond acceptors (Lipinski definition) is 5. The van der Waals surface area contributed by atoms with Crippen LogP contribution in [0.4, 0.5) is 0 Å². The van der Waals surface area contributed by atoms with Crippen molar-refractivity contribution in [2.24, 2.45) is 0 Å². The van der Waals surface area contributed by atoms with Crippen molar-refractivity contribution >= 4 is 27.5 Å². The fraction of sp³-hybridized carbons (Fsp3) is 0.105. The summed E-state index contributed by atoms with van der Waals surface area (Å²) in [4.78, 5) is 21.2. The van der Waals surface area contributed by atoms with Crippen molar-refractivity contribution in [2.75, 3.05) is 0 Å². The van der Waals surface area contributed by atoms with Crippen LogP contribution in [0.5, 0.6) is 0 Å². The van der Waals surface area contributed by atoms with E-state index in [1.807, 2.05) is 49.4 Å². The first-order chi connectivity index (χ1) is 12.2. The minimum Gasteiger partial charge on any atom is -0.448 e. The molecule has 0 aliphatic rings. The summed E-state index contributed by atoms with van der Waals surface area (Å²) < 4.78 is 6.78. The van der Waals surface area contributed by atoms with Crippen LogP contribution in [0, 0.1) is 6.92 Å². The molecule has 3 heterocycles. The highest BCUT2D eigenvalue weighted by Gasteiger charge is 2.15. The van der Waals surface area contributed by atoms with Gasteiger partial charge in [0.2, 0.25) is 0 Å². The summed E-state index contributed by atoms with van der Waals surface area (Å²) in [6.07, 6.45) is 0. The first-order valence-corrected chi connectivity index (χ1v) is 8.67. The molecule has 0 fully saturated rings. The Morgan fingerprint density at radius 2 is 1.96 bits per heavy atom. The molecule has 0 aliphatic heterocycles. The number of rotatable bonds is 4. The Kier molecular flexibility index (Phi) is 4.03. The minimum atomic E-state index is -0.268. The van der Waals surface area contributed by atoms with Crippen molar-refractivity contribution in [1.29, 1.82) is 0 Å². The monoisotopic (exact) mass is 349 g/mol. The van der Waals surface area contributed by atoms with Crippen LogP contribution in [0.1, 0.15) is 21.9 Å². The van der Waals surface area contributed by atoms with Gasteiger partial charge in [0.1, 0.15) is 0 Å². The third-order valence-corrected chi connectivity index (χ3v) is 4.76. The largest absolute Gasteiger partial charge is 0.448 e. The van der Waals surface area contributed by atoms with Crippen LogP contribution in [0.2, 0.25) is 0 Å². The molecule has 6 heteroatoms. The first-order valence-electron chi connectivity index (χ1n) is 7.85. The number of benzene rings is 1. The Balaban J connectivity index is 1.49. The molecule has 0 bridgehead atoms. The Labute approximate surface area is 148 Å². The van der Waals surface area contributed by atoms with E-state index in [9.17, 15) is 4.79 Å². The number of nitrogens with zero attached hydrogens (tertiary/aromatic N) is 2. The molecule has 0 atom stereocenters. The molecule has 124 valence electrons. The summed E-state index contributed by atoms with van der Waals surface area (Å²) >= 11 is 1.54. The van der Waals surface area contributed by atoms with E-state index in [1.165, 1.54) is 0 Å². The highest BCUT2D eigenvalue weighted by atomic mass is 32.1. The Bertz CT molecular complexity index is 1020. The summed E-state index contributed by atoms with van der Waals surface area (Å²) in [5, 5.41) is 3.59. The lowest BCUT2D eigenvalue weighted by molar-refractivity contribution is 0.0923. The number of furan rings is 1. The van der Waals surface area contributed by atoms with E-state index in [0.717, 1.165) is 26.6 Å². The van der Waals surface area contributed by atoms with Crippen LogP contribution in [0.3, 0.4) is 0 Å². The zero-order chi connectivity index (χ0) is 17.2. The number of thiazole rings is 1. The van der Waals surface area contributed by atoms with Crippen LogP contribution >= 0.6 is 11.3 Å². The maximum absolute atomic E-state index is 12.3. The Morgan fingerprint density at radius 1 is 1.08 bits per heavy atom. The second-order valence-electron chi connectivity index (χ2n) is 5.60. The molecule has 4 rings (SSSR count). The third kappa shape index (κ3) is 3.29. The zero-order valence-corrected chi connectivity index (χ0v) is 14.3. The van der Waals surface area contributed by atoms with Crippen LogP contribution < -0.4 is 5.32 Å². The van der Waals surface area contributed by atoms with Crippen LogP contribution in [-0.2, 0) is 6.54 Å². The summed E-state index contributed by atoms with van der Waals surface area (Å²) in [6.45, 7) is 2.28. The van der Waals surface area contributed by atoms with E-state index in [1.54, 1.807) is 23.5 Å². The Hall–Kier alpha value is -2.99. The summed E-state index contributed by atoms with van der Waals surface area (Å²) in [5.41, 5.74) is 2.66. The van der Waals surface area contributed by atoms with Gasteiger partial charge in [-0.2, -0.15) is 0 Å². The molecule has 0 unspecified atom stereocenters. The number of para-hydroxylation sites is 1. The van der Waals surface area contributed by atoms with Gasteiger partial charge in [0, 0.05) is 5.69 Å². The van der Waals surface area contributed by atoms with Gasteiger partial charge in [-0.1, -0.05) is 18.2 Å². The van der Waals surface area contributed by atoms with Crippen molar-refractivity contribution in [3.63, 3.8) is 0 Å². The Morgan fingerprint density at radius 3 is 2.80 bits per heavy atom. The third-order valence-electron chi connectivity index (χ3n) is 3.71. The lowest BCUT2D eigenvalue weighted by Gasteiger charge is -2.03. The fourth-order valence-electron chi connectivity index (χ4n) is 2.51. The SMILES string of the molecule is Cc1cccc(CNC(=O)c2ccc(-c3nc4ccccc4s3)o2)n1. The lowest BCUT2D eigenvalue weighted by Crippen LogP contribution is -2.22. The molecule has 25 heavy (non-hydrogen) atoms. The molecule has 0 radical (unpaired) electrons. The molecule has 0 saturated carbocycles. The minimum absolute atomic E-state index is 0.266. The van der Waals surface area contributed by atoms with E-state index < -0.39 is 0 Å². The number of pyridine rings is 1. The molecule has 5 nitrogen and oxygen atoms in total. The van der Waals surface area contributed by atoms with Crippen molar-refractivity contribution in [2.45, 2.75) is 13.5 Å². The van der Waals surface area contributed by atoms with Gasteiger partial charge >= 0.3 is 0 Å². The molecule has 0 spiro atoms. The predicted octanol–water partition coefficient (Wildman–Crippen LogP) is 4.19. The number of hydrogen-bond donors (Lipinski definition) is 1. The van der Waals surface area contributed by atoms with Crippen LogP contribution in [0.25, 0.3) is 21.0 Å². The van der Waals surface area contributed by atoms with Gasteiger partial charge in [0.05, 0.1) is 22.5 Å². The summed E-state index contributed by atoms with van der Waals surface area (Å²) in [7, 11) is 0. The van der Waals surface area contributed by atoms with Crippen LogP contribution in [-0.4, -0.2) is 15.9 Å². The lowest BCUT2D eigenvalue weighted by atomic mass is 10.3. The number of aromatic nitrogens is 2.